The van der Waals surface area contributed by atoms with Gasteiger partial charge in [-0.2, -0.15) is 13.1 Å². The number of hydrogen-bond donors (Lipinski definition) is 2. The minimum atomic E-state index is -3.47. The highest BCUT2D eigenvalue weighted by molar-refractivity contribution is 7.90. The van der Waals surface area contributed by atoms with Crippen LogP contribution in [-0.4, -0.2) is 20.8 Å². The van der Waals surface area contributed by atoms with Crippen molar-refractivity contribution >= 4 is 27.5 Å². The number of rotatable bonds is 6. The highest BCUT2D eigenvalue weighted by atomic mass is 35.5. The zero-order chi connectivity index (χ0) is 11.1. The van der Waals surface area contributed by atoms with E-state index in [1.54, 1.807) is 24.3 Å². The van der Waals surface area contributed by atoms with Gasteiger partial charge in [0.05, 0.1) is 0 Å². The van der Waals surface area contributed by atoms with Crippen molar-refractivity contribution in [2.75, 3.05) is 17.1 Å². The molecular weight excluding hydrogens is 236 g/mol. The molecule has 0 radical (unpaired) electrons. The molecule has 0 amide bonds. The zero-order valence-electron chi connectivity index (χ0n) is 8.11. The number of halogens is 1. The van der Waals surface area contributed by atoms with Gasteiger partial charge in [-0.25, -0.2) is 0 Å². The van der Waals surface area contributed by atoms with Crippen molar-refractivity contribution in [1.82, 2.24) is 4.72 Å². The van der Waals surface area contributed by atoms with Crippen LogP contribution in [0, 0.1) is 0 Å². The minimum absolute atomic E-state index is 0.339. The van der Waals surface area contributed by atoms with Gasteiger partial charge >= 0.3 is 0 Å². The first-order valence-electron chi connectivity index (χ1n) is 4.52. The molecule has 15 heavy (non-hydrogen) atoms. The Morgan fingerprint density at radius 1 is 1.20 bits per heavy atom. The Morgan fingerprint density at radius 2 is 1.87 bits per heavy atom. The number of alkyl halides is 1. The topological polar surface area (TPSA) is 58.2 Å². The van der Waals surface area contributed by atoms with Crippen molar-refractivity contribution in [2.24, 2.45) is 0 Å². The van der Waals surface area contributed by atoms with Crippen LogP contribution in [0.1, 0.15) is 6.42 Å². The van der Waals surface area contributed by atoms with E-state index in [1.165, 1.54) is 0 Å². The fourth-order valence-electron chi connectivity index (χ4n) is 0.971. The second-order valence-corrected chi connectivity index (χ2v) is 4.79. The lowest BCUT2D eigenvalue weighted by molar-refractivity contribution is 0.586. The lowest BCUT2D eigenvalue weighted by Gasteiger charge is -2.08. The fourth-order valence-corrected chi connectivity index (χ4v) is 2.04. The molecule has 4 nitrogen and oxygen atoms in total. The van der Waals surface area contributed by atoms with Crippen LogP contribution in [0.3, 0.4) is 0 Å². The Kier molecular flexibility index (Phi) is 4.87. The summed E-state index contributed by atoms with van der Waals surface area (Å²) >= 11 is 5.44. The number of para-hydroxylation sites is 1. The first-order valence-corrected chi connectivity index (χ1v) is 6.54. The van der Waals surface area contributed by atoms with Crippen molar-refractivity contribution in [3.63, 3.8) is 0 Å². The van der Waals surface area contributed by atoms with Gasteiger partial charge in [-0.3, -0.25) is 4.72 Å². The standard InChI is InChI=1S/C9H13ClN2O2S/c10-7-4-8-11-15(13,14)12-9-5-2-1-3-6-9/h1-3,5-6,11-12H,4,7-8H2. The smallest absolute Gasteiger partial charge is 0.271 e. The van der Waals surface area contributed by atoms with Crippen LogP contribution in [0.5, 0.6) is 0 Å². The highest BCUT2D eigenvalue weighted by Gasteiger charge is 2.07. The van der Waals surface area contributed by atoms with Crippen LogP contribution in [-0.2, 0) is 10.2 Å². The Bertz CT molecular complexity index is 380. The lowest BCUT2D eigenvalue weighted by atomic mass is 10.3. The fraction of sp³-hybridized carbons (Fsp3) is 0.333. The summed E-state index contributed by atoms with van der Waals surface area (Å²) in [7, 11) is -3.47. The van der Waals surface area contributed by atoms with Gasteiger partial charge in [0.25, 0.3) is 10.2 Å². The quantitative estimate of drug-likeness (QED) is 0.593. The summed E-state index contributed by atoms with van der Waals surface area (Å²) < 4.78 is 27.6. The number of benzene rings is 1. The molecule has 0 aromatic heterocycles. The van der Waals surface area contributed by atoms with E-state index in [1.807, 2.05) is 6.07 Å². The molecule has 0 aliphatic rings. The Balaban J connectivity index is 2.50. The van der Waals surface area contributed by atoms with Crippen molar-refractivity contribution in [1.29, 1.82) is 0 Å². The molecule has 0 aliphatic heterocycles. The second kappa shape index (κ2) is 5.95. The summed E-state index contributed by atoms with van der Waals surface area (Å²) in [5, 5.41) is 0. The Morgan fingerprint density at radius 3 is 2.47 bits per heavy atom. The van der Waals surface area contributed by atoms with Crippen molar-refractivity contribution in [3.05, 3.63) is 30.3 Å². The van der Waals surface area contributed by atoms with Crippen LogP contribution in [0.15, 0.2) is 30.3 Å². The minimum Gasteiger partial charge on any atom is -0.271 e. The molecular formula is C9H13ClN2O2S. The number of nitrogens with one attached hydrogen (secondary N) is 2. The van der Waals surface area contributed by atoms with E-state index in [-0.39, 0.29) is 0 Å². The van der Waals surface area contributed by atoms with E-state index in [0.717, 1.165) is 0 Å². The largest absolute Gasteiger partial charge is 0.299 e. The molecule has 2 N–H and O–H groups in total. The summed E-state index contributed by atoms with van der Waals surface area (Å²) in [6, 6.07) is 8.70. The monoisotopic (exact) mass is 248 g/mol. The molecule has 0 aliphatic carbocycles. The maximum Gasteiger partial charge on any atom is 0.299 e. The third-order valence-corrected chi connectivity index (χ3v) is 2.98. The molecule has 1 rings (SSSR count). The van der Waals surface area contributed by atoms with E-state index in [9.17, 15) is 8.42 Å². The summed E-state index contributed by atoms with van der Waals surface area (Å²) in [6.45, 7) is 0.339. The van der Waals surface area contributed by atoms with Crippen molar-refractivity contribution in [2.45, 2.75) is 6.42 Å². The van der Waals surface area contributed by atoms with Crippen molar-refractivity contribution < 1.29 is 8.42 Å². The zero-order valence-corrected chi connectivity index (χ0v) is 9.68. The molecule has 0 heterocycles. The lowest BCUT2D eigenvalue weighted by Crippen LogP contribution is -2.31. The molecule has 0 spiro atoms. The SMILES string of the molecule is O=S(=O)(NCCCCl)Nc1ccccc1. The molecule has 0 fully saturated rings. The van der Waals surface area contributed by atoms with Gasteiger partial charge < -0.3 is 0 Å². The van der Waals surface area contributed by atoms with Gasteiger partial charge in [0.2, 0.25) is 0 Å². The molecule has 84 valence electrons. The normalized spacial score (nSPS) is 11.3. The van der Waals surface area contributed by atoms with Crippen LogP contribution in [0.25, 0.3) is 0 Å². The van der Waals surface area contributed by atoms with Gasteiger partial charge in [0, 0.05) is 18.1 Å². The Labute approximate surface area is 94.8 Å². The average Bonchev–Trinajstić information content (AvgIpc) is 2.18. The van der Waals surface area contributed by atoms with Crippen LogP contribution in [0.2, 0.25) is 0 Å². The number of anilines is 1. The first-order chi connectivity index (χ1) is 7.14. The predicted molar refractivity (Wildman–Crippen MR) is 62.3 cm³/mol. The second-order valence-electron chi connectivity index (χ2n) is 2.91. The van der Waals surface area contributed by atoms with Crippen LogP contribution in [0.4, 0.5) is 5.69 Å². The van der Waals surface area contributed by atoms with Crippen molar-refractivity contribution in [3.8, 4) is 0 Å². The van der Waals surface area contributed by atoms with Gasteiger partial charge in [0.1, 0.15) is 0 Å². The number of hydrogen-bond acceptors (Lipinski definition) is 2. The maximum atomic E-state index is 11.4. The molecule has 0 saturated carbocycles. The molecule has 0 atom stereocenters. The third kappa shape index (κ3) is 5.01. The van der Waals surface area contributed by atoms with E-state index in [4.69, 9.17) is 11.6 Å². The summed E-state index contributed by atoms with van der Waals surface area (Å²) in [5.41, 5.74) is 0.538. The van der Waals surface area contributed by atoms with E-state index in [2.05, 4.69) is 9.44 Å². The molecule has 1 aromatic rings. The molecule has 6 heteroatoms. The highest BCUT2D eigenvalue weighted by Crippen LogP contribution is 2.06. The van der Waals surface area contributed by atoms with E-state index >= 15 is 0 Å². The molecule has 0 saturated heterocycles. The summed E-state index contributed by atoms with van der Waals surface area (Å²) in [4.78, 5) is 0. The molecule has 0 bridgehead atoms. The first kappa shape index (κ1) is 12.3. The molecule has 0 unspecified atom stereocenters. The average molecular weight is 249 g/mol. The van der Waals surface area contributed by atoms with Gasteiger partial charge in [-0.05, 0) is 18.6 Å². The van der Waals surface area contributed by atoms with Gasteiger partial charge in [-0.15, -0.1) is 11.6 Å². The van der Waals surface area contributed by atoms with Crippen LogP contribution < -0.4 is 9.44 Å². The predicted octanol–water partition coefficient (Wildman–Crippen LogP) is 1.56. The van der Waals surface area contributed by atoms with Gasteiger partial charge in [0.15, 0.2) is 0 Å². The third-order valence-electron chi connectivity index (χ3n) is 1.63. The summed E-state index contributed by atoms with van der Waals surface area (Å²) in [5.74, 6) is 0.438. The van der Waals surface area contributed by atoms with Crippen LogP contribution >= 0.6 is 11.6 Å². The maximum absolute atomic E-state index is 11.4. The van der Waals surface area contributed by atoms with Gasteiger partial charge in [-0.1, -0.05) is 18.2 Å². The Hall–Kier alpha value is -0.780. The summed E-state index contributed by atoms with van der Waals surface area (Å²) in [6.07, 6.45) is 0.608. The van der Waals surface area contributed by atoms with E-state index in [0.29, 0.717) is 24.5 Å². The molecule has 1 aromatic carbocycles. The van der Waals surface area contributed by atoms with E-state index < -0.39 is 10.2 Å².